The molecule has 0 spiro atoms. The molecule has 0 radical (unpaired) electrons. The number of carbonyl (C=O) groups is 3. The fraction of sp³-hybridized carbons (Fsp3) is 0.346. The van der Waals surface area contributed by atoms with Crippen molar-refractivity contribution < 1.29 is 38.5 Å². The van der Waals surface area contributed by atoms with E-state index in [1.54, 1.807) is 18.2 Å². The van der Waals surface area contributed by atoms with E-state index >= 15 is 0 Å². The molecule has 3 rings (SSSR count). The van der Waals surface area contributed by atoms with E-state index in [0.717, 1.165) is 0 Å². The lowest BCUT2D eigenvalue weighted by Gasteiger charge is -2.40. The normalized spacial score (nSPS) is 19.0. The first kappa shape index (κ1) is 28.5. The van der Waals surface area contributed by atoms with Crippen molar-refractivity contribution >= 4 is 40.7 Å². The number of aliphatic hydroxyl groups is 2. The molecule has 0 fully saturated rings. The van der Waals surface area contributed by atoms with E-state index in [-0.39, 0.29) is 48.8 Å². The Balaban J connectivity index is 2.01. The minimum absolute atomic E-state index is 0.0133. The minimum Gasteiger partial charge on any atom is -0.493 e. The van der Waals surface area contributed by atoms with Gasteiger partial charge in [0.1, 0.15) is 24.3 Å². The van der Waals surface area contributed by atoms with Gasteiger partial charge in [-0.2, -0.15) is 0 Å². The Kier molecular flexibility index (Phi) is 10.0. The minimum atomic E-state index is -1.30. The van der Waals surface area contributed by atoms with Gasteiger partial charge in [0.15, 0.2) is 11.5 Å². The average molecular weight is 626 g/mol. The number of nitrogens with zero attached hydrogens (tertiary/aromatic N) is 1. The lowest BCUT2D eigenvalue weighted by molar-refractivity contribution is -0.137. The molecule has 37 heavy (non-hydrogen) atoms. The second-order valence-corrected chi connectivity index (χ2v) is 9.57. The summed E-state index contributed by atoms with van der Waals surface area (Å²) in [5.74, 6) is -0.929. The maximum atomic E-state index is 14.4. The SMILES string of the molecule is COc1cc(C=O)cc(I)c1O[C@H]1C=C(C(=O)NCCO)C[C@@H](N(Cc2ccccc2F)C(C)=O)[C@@H]1O. The number of halogens is 2. The van der Waals surface area contributed by atoms with Gasteiger partial charge in [0.05, 0.1) is 23.3 Å². The summed E-state index contributed by atoms with van der Waals surface area (Å²) in [7, 11) is 1.41. The van der Waals surface area contributed by atoms with Crippen LogP contribution in [0.1, 0.15) is 29.3 Å². The summed E-state index contributed by atoms with van der Waals surface area (Å²) in [6.07, 6.45) is -0.295. The second-order valence-electron chi connectivity index (χ2n) is 8.41. The molecule has 1 aliphatic carbocycles. The topological polar surface area (TPSA) is 125 Å². The van der Waals surface area contributed by atoms with Crippen molar-refractivity contribution in [2.24, 2.45) is 0 Å². The first-order valence-corrected chi connectivity index (χ1v) is 12.6. The van der Waals surface area contributed by atoms with Gasteiger partial charge >= 0.3 is 0 Å². The molecule has 0 aliphatic heterocycles. The van der Waals surface area contributed by atoms with Crippen LogP contribution in [0.2, 0.25) is 0 Å². The van der Waals surface area contributed by atoms with Crippen LogP contribution in [-0.4, -0.2) is 71.7 Å². The zero-order valence-electron chi connectivity index (χ0n) is 20.3. The summed E-state index contributed by atoms with van der Waals surface area (Å²) in [4.78, 5) is 38.1. The number of aliphatic hydroxyl groups excluding tert-OH is 2. The Morgan fingerprint density at radius 2 is 2.03 bits per heavy atom. The van der Waals surface area contributed by atoms with Gasteiger partial charge in [0.2, 0.25) is 11.8 Å². The lowest BCUT2D eigenvalue weighted by atomic mass is 9.88. The maximum Gasteiger partial charge on any atom is 0.247 e. The van der Waals surface area contributed by atoms with E-state index in [9.17, 15) is 23.9 Å². The fourth-order valence-corrected chi connectivity index (χ4v) is 4.86. The van der Waals surface area contributed by atoms with Crippen LogP contribution in [0.3, 0.4) is 0 Å². The first-order valence-electron chi connectivity index (χ1n) is 11.5. The molecule has 3 atom stereocenters. The third kappa shape index (κ3) is 6.84. The summed E-state index contributed by atoms with van der Waals surface area (Å²) >= 11 is 1.97. The molecule has 2 aromatic rings. The molecule has 0 bridgehead atoms. The highest BCUT2D eigenvalue weighted by Gasteiger charge is 2.40. The molecule has 0 aromatic heterocycles. The predicted molar refractivity (Wildman–Crippen MR) is 141 cm³/mol. The number of methoxy groups -OCH3 is 1. The van der Waals surface area contributed by atoms with Crippen molar-refractivity contribution in [2.45, 2.75) is 38.1 Å². The number of hydrogen-bond acceptors (Lipinski definition) is 7. The second kappa shape index (κ2) is 13.0. The standard InChI is InChI=1S/C26H28FIN2O7/c1-15(33)30(13-17-5-3-4-6-19(17)27)21-11-18(26(35)29-7-8-31)12-22(24(21)34)37-25-20(28)9-16(14-32)10-23(25)36-2/h3-6,9-10,12,14,21-22,24,31,34H,7-8,11,13H2,1-2H3,(H,29,35)/t21-,22+,24+/m1/s1. The highest BCUT2D eigenvalue weighted by Crippen LogP contribution is 2.37. The van der Waals surface area contributed by atoms with Crippen molar-refractivity contribution in [3.8, 4) is 11.5 Å². The number of benzene rings is 2. The molecule has 11 heteroatoms. The number of nitrogens with one attached hydrogen (secondary N) is 1. The Labute approximate surface area is 227 Å². The van der Waals surface area contributed by atoms with E-state index < -0.39 is 35.9 Å². The lowest BCUT2D eigenvalue weighted by Crippen LogP contribution is -2.54. The van der Waals surface area contributed by atoms with Gasteiger partial charge in [0, 0.05) is 43.1 Å². The molecule has 0 unspecified atom stereocenters. The summed E-state index contributed by atoms with van der Waals surface area (Å²) in [5.41, 5.74) is 0.846. The molecule has 198 valence electrons. The molecule has 2 aromatic carbocycles. The van der Waals surface area contributed by atoms with Gasteiger partial charge in [-0.05, 0) is 46.9 Å². The third-order valence-electron chi connectivity index (χ3n) is 5.96. The van der Waals surface area contributed by atoms with Gasteiger partial charge in [-0.15, -0.1) is 0 Å². The molecule has 0 heterocycles. The number of hydrogen-bond donors (Lipinski definition) is 3. The van der Waals surface area contributed by atoms with Crippen LogP contribution in [0.4, 0.5) is 4.39 Å². The van der Waals surface area contributed by atoms with E-state index in [4.69, 9.17) is 14.6 Å². The fourth-order valence-electron chi connectivity index (χ4n) is 4.11. The molecule has 0 saturated carbocycles. The van der Waals surface area contributed by atoms with E-state index in [0.29, 0.717) is 15.4 Å². The van der Waals surface area contributed by atoms with Crippen LogP contribution in [0.5, 0.6) is 11.5 Å². The van der Waals surface area contributed by atoms with E-state index in [1.807, 2.05) is 22.6 Å². The van der Waals surface area contributed by atoms with Crippen molar-refractivity contribution in [3.05, 3.63) is 68.6 Å². The van der Waals surface area contributed by atoms with Crippen LogP contribution < -0.4 is 14.8 Å². The van der Waals surface area contributed by atoms with Gasteiger partial charge in [-0.1, -0.05) is 18.2 Å². The van der Waals surface area contributed by atoms with Gasteiger partial charge in [-0.3, -0.25) is 14.4 Å². The highest BCUT2D eigenvalue weighted by atomic mass is 127. The third-order valence-corrected chi connectivity index (χ3v) is 6.76. The van der Waals surface area contributed by atoms with Crippen LogP contribution in [0.15, 0.2) is 48.0 Å². The summed E-state index contributed by atoms with van der Waals surface area (Å²) < 4.78 is 26.4. The zero-order valence-corrected chi connectivity index (χ0v) is 22.5. The molecule has 2 amide bonds. The number of amides is 2. The quantitative estimate of drug-likeness (QED) is 0.273. The number of aldehydes is 1. The average Bonchev–Trinajstić information content (AvgIpc) is 2.88. The Morgan fingerprint density at radius 1 is 1.30 bits per heavy atom. The molecule has 1 aliphatic rings. The van der Waals surface area contributed by atoms with E-state index in [1.165, 1.54) is 43.2 Å². The van der Waals surface area contributed by atoms with E-state index in [2.05, 4.69) is 5.32 Å². The number of ether oxygens (including phenoxy) is 2. The predicted octanol–water partition coefficient (Wildman–Crippen LogP) is 2.22. The number of carbonyl (C=O) groups excluding carboxylic acids is 3. The molecule has 3 N–H and O–H groups in total. The van der Waals surface area contributed by atoms with Gasteiger partial charge in [0.25, 0.3) is 0 Å². The molecule has 0 saturated heterocycles. The maximum absolute atomic E-state index is 14.4. The van der Waals surface area contributed by atoms with Crippen molar-refractivity contribution in [2.75, 3.05) is 20.3 Å². The summed E-state index contributed by atoms with van der Waals surface area (Å²) in [6.45, 7) is 0.921. The Hall–Kier alpha value is -3.03. The smallest absolute Gasteiger partial charge is 0.247 e. The van der Waals surface area contributed by atoms with Gasteiger partial charge < -0.3 is 29.9 Å². The Bertz CT molecular complexity index is 1190. The van der Waals surface area contributed by atoms with Crippen LogP contribution in [0, 0.1) is 9.39 Å². The highest BCUT2D eigenvalue weighted by molar-refractivity contribution is 14.1. The van der Waals surface area contributed by atoms with Crippen molar-refractivity contribution in [1.82, 2.24) is 10.2 Å². The first-order chi connectivity index (χ1) is 17.7. The number of rotatable bonds is 10. The van der Waals surface area contributed by atoms with Crippen LogP contribution in [-0.2, 0) is 16.1 Å². The Morgan fingerprint density at radius 3 is 2.65 bits per heavy atom. The molecule has 9 nitrogen and oxygen atoms in total. The molecular formula is C26H28FIN2O7. The summed E-state index contributed by atoms with van der Waals surface area (Å²) in [6, 6.07) is 8.13. The van der Waals surface area contributed by atoms with Crippen LogP contribution in [0.25, 0.3) is 0 Å². The summed E-state index contributed by atoms with van der Waals surface area (Å²) in [5, 5.41) is 23.0. The zero-order chi connectivity index (χ0) is 27.1. The van der Waals surface area contributed by atoms with Crippen molar-refractivity contribution in [3.63, 3.8) is 0 Å². The van der Waals surface area contributed by atoms with Gasteiger partial charge in [-0.25, -0.2) is 4.39 Å². The van der Waals surface area contributed by atoms with Crippen LogP contribution >= 0.6 is 22.6 Å². The molecular weight excluding hydrogens is 598 g/mol. The monoisotopic (exact) mass is 626 g/mol. The largest absolute Gasteiger partial charge is 0.493 e. The van der Waals surface area contributed by atoms with Crippen molar-refractivity contribution in [1.29, 1.82) is 0 Å².